The van der Waals surface area contributed by atoms with E-state index in [0.29, 0.717) is 23.4 Å². The molecule has 2 atom stereocenters. The number of hydrogen-bond acceptors (Lipinski definition) is 4. The summed E-state index contributed by atoms with van der Waals surface area (Å²) in [7, 11) is 5.80. The molecule has 0 aliphatic rings. The van der Waals surface area contributed by atoms with E-state index in [1.807, 2.05) is 18.2 Å². The van der Waals surface area contributed by atoms with Crippen LogP contribution in [0.4, 0.5) is 0 Å². The highest BCUT2D eigenvalue weighted by atomic mass is 35.5. The average molecular weight is 314 g/mol. The SMILES string of the molecule is CCN(C(C)CN(C)C)C(CN)c1ccc(OC)c(Cl)c1. The van der Waals surface area contributed by atoms with E-state index < -0.39 is 0 Å². The number of halogens is 1. The molecule has 0 fully saturated rings. The third-order valence-electron chi connectivity index (χ3n) is 3.74. The molecule has 120 valence electrons. The first kappa shape index (κ1) is 18.2. The second-order valence-electron chi connectivity index (χ2n) is 5.59. The normalized spacial score (nSPS) is 14.5. The van der Waals surface area contributed by atoms with Crippen LogP contribution in [0, 0.1) is 0 Å². The molecule has 4 nitrogen and oxygen atoms in total. The Labute approximate surface area is 133 Å². The first-order chi connectivity index (χ1) is 9.94. The maximum Gasteiger partial charge on any atom is 0.137 e. The van der Waals surface area contributed by atoms with E-state index in [9.17, 15) is 0 Å². The van der Waals surface area contributed by atoms with Crippen molar-refractivity contribution in [1.29, 1.82) is 0 Å². The van der Waals surface area contributed by atoms with Gasteiger partial charge in [-0.1, -0.05) is 24.6 Å². The maximum absolute atomic E-state index is 6.25. The molecule has 0 radical (unpaired) electrons. The van der Waals surface area contributed by atoms with Crippen LogP contribution >= 0.6 is 11.6 Å². The van der Waals surface area contributed by atoms with Gasteiger partial charge in [-0.15, -0.1) is 0 Å². The molecular weight excluding hydrogens is 286 g/mol. The van der Waals surface area contributed by atoms with Crippen LogP contribution in [-0.4, -0.2) is 56.7 Å². The summed E-state index contributed by atoms with van der Waals surface area (Å²) in [6.45, 7) is 6.90. The number of nitrogens with two attached hydrogens (primary N) is 1. The van der Waals surface area contributed by atoms with E-state index in [2.05, 4.69) is 37.7 Å². The van der Waals surface area contributed by atoms with Gasteiger partial charge >= 0.3 is 0 Å². The van der Waals surface area contributed by atoms with Crippen molar-refractivity contribution in [1.82, 2.24) is 9.80 Å². The minimum Gasteiger partial charge on any atom is -0.495 e. The number of rotatable bonds is 8. The Morgan fingerprint density at radius 1 is 1.33 bits per heavy atom. The van der Waals surface area contributed by atoms with Crippen molar-refractivity contribution in [3.8, 4) is 5.75 Å². The Kier molecular flexibility index (Phi) is 7.46. The van der Waals surface area contributed by atoms with Gasteiger partial charge in [0.25, 0.3) is 0 Å². The van der Waals surface area contributed by atoms with Crippen LogP contribution in [0.1, 0.15) is 25.5 Å². The highest BCUT2D eigenvalue weighted by Gasteiger charge is 2.23. The summed E-state index contributed by atoms with van der Waals surface area (Å²) in [5.74, 6) is 0.695. The van der Waals surface area contributed by atoms with Gasteiger partial charge in [0.2, 0.25) is 0 Å². The first-order valence-electron chi connectivity index (χ1n) is 7.38. The molecule has 0 bridgehead atoms. The van der Waals surface area contributed by atoms with Crippen molar-refractivity contribution < 1.29 is 4.74 Å². The molecule has 1 rings (SSSR count). The molecule has 0 aliphatic carbocycles. The minimum absolute atomic E-state index is 0.161. The van der Waals surface area contributed by atoms with Gasteiger partial charge in [0.05, 0.1) is 12.1 Å². The van der Waals surface area contributed by atoms with Crippen LogP contribution in [0.25, 0.3) is 0 Å². The van der Waals surface area contributed by atoms with Crippen molar-refractivity contribution in [3.05, 3.63) is 28.8 Å². The third kappa shape index (κ3) is 4.85. The van der Waals surface area contributed by atoms with Crippen molar-refractivity contribution in [2.24, 2.45) is 5.73 Å². The molecule has 0 saturated carbocycles. The van der Waals surface area contributed by atoms with Crippen molar-refractivity contribution in [2.75, 3.05) is 40.8 Å². The van der Waals surface area contributed by atoms with Gasteiger partial charge < -0.3 is 15.4 Å². The highest BCUT2D eigenvalue weighted by Crippen LogP contribution is 2.30. The summed E-state index contributed by atoms with van der Waals surface area (Å²) in [6, 6.07) is 6.49. The molecule has 2 unspecified atom stereocenters. The first-order valence-corrected chi connectivity index (χ1v) is 7.76. The van der Waals surface area contributed by atoms with E-state index >= 15 is 0 Å². The smallest absolute Gasteiger partial charge is 0.137 e. The molecule has 0 heterocycles. The molecule has 0 spiro atoms. The Balaban J connectivity index is 3.01. The second kappa shape index (κ2) is 8.59. The number of methoxy groups -OCH3 is 1. The molecule has 0 aromatic heterocycles. The fraction of sp³-hybridized carbons (Fsp3) is 0.625. The Bertz CT molecular complexity index is 440. The van der Waals surface area contributed by atoms with E-state index in [-0.39, 0.29) is 6.04 Å². The van der Waals surface area contributed by atoms with Crippen LogP contribution in [0.15, 0.2) is 18.2 Å². The van der Waals surface area contributed by atoms with Gasteiger partial charge in [-0.2, -0.15) is 0 Å². The monoisotopic (exact) mass is 313 g/mol. The summed E-state index contributed by atoms with van der Waals surface area (Å²) >= 11 is 6.25. The van der Waals surface area contributed by atoms with Crippen LogP contribution in [-0.2, 0) is 0 Å². The average Bonchev–Trinajstić information content (AvgIpc) is 2.43. The zero-order valence-electron chi connectivity index (χ0n) is 13.8. The van der Waals surface area contributed by atoms with Crippen LogP contribution in [0.5, 0.6) is 5.75 Å². The number of likely N-dealkylation sites (N-methyl/N-ethyl adjacent to an activating group) is 2. The molecule has 5 heteroatoms. The molecule has 2 N–H and O–H groups in total. The molecule has 0 amide bonds. The van der Waals surface area contributed by atoms with Gasteiger partial charge in [-0.25, -0.2) is 0 Å². The van der Waals surface area contributed by atoms with Crippen LogP contribution in [0.2, 0.25) is 5.02 Å². The molecular formula is C16H28ClN3O. The fourth-order valence-electron chi connectivity index (χ4n) is 2.83. The predicted molar refractivity (Wildman–Crippen MR) is 90.2 cm³/mol. The van der Waals surface area contributed by atoms with Gasteiger partial charge in [0, 0.05) is 25.2 Å². The Hall–Kier alpha value is -0.810. The largest absolute Gasteiger partial charge is 0.495 e. The maximum atomic E-state index is 6.25. The number of hydrogen-bond donors (Lipinski definition) is 1. The van der Waals surface area contributed by atoms with Crippen molar-refractivity contribution >= 4 is 11.6 Å². The highest BCUT2D eigenvalue weighted by molar-refractivity contribution is 6.32. The molecule has 1 aromatic rings. The Morgan fingerprint density at radius 2 is 2.00 bits per heavy atom. The summed E-state index contributed by atoms with van der Waals surface area (Å²) in [5, 5.41) is 0.629. The Morgan fingerprint density at radius 3 is 2.43 bits per heavy atom. The van der Waals surface area contributed by atoms with Crippen molar-refractivity contribution in [3.63, 3.8) is 0 Å². The van der Waals surface area contributed by atoms with E-state index in [1.165, 1.54) is 0 Å². The standard InChI is InChI=1S/C16H28ClN3O/c1-6-20(12(2)11-19(3)4)15(10-18)13-7-8-16(21-5)14(17)9-13/h7-9,12,15H,6,10-11,18H2,1-5H3. The fourth-order valence-corrected chi connectivity index (χ4v) is 3.09. The van der Waals surface area contributed by atoms with E-state index in [1.54, 1.807) is 7.11 Å². The lowest BCUT2D eigenvalue weighted by Crippen LogP contribution is -2.44. The number of nitrogens with zero attached hydrogens (tertiary/aromatic N) is 2. The number of benzene rings is 1. The lowest BCUT2D eigenvalue weighted by Gasteiger charge is -2.36. The van der Waals surface area contributed by atoms with Gasteiger partial charge in [0.1, 0.15) is 5.75 Å². The molecule has 1 aromatic carbocycles. The zero-order valence-corrected chi connectivity index (χ0v) is 14.5. The van der Waals surface area contributed by atoms with Crippen molar-refractivity contribution in [2.45, 2.75) is 25.9 Å². The summed E-state index contributed by atoms with van der Waals surface area (Å²) in [4.78, 5) is 4.61. The minimum atomic E-state index is 0.161. The molecule has 0 saturated heterocycles. The predicted octanol–water partition coefficient (Wildman–Crippen LogP) is 2.62. The second-order valence-corrected chi connectivity index (χ2v) is 5.99. The third-order valence-corrected chi connectivity index (χ3v) is 4.04. The molecule has 21 heavy (non-hydrogen) atoms. The van der Waals surface area contributed by atoms with Crippen LogP contribution in [0.3, 0.4) is 0 Å². The van der Waals surface area contributed by atoms with Gasteiger partial charge in [-0.3, -0.25) is 4.90 Å². The quantitative estimate of drug-likeness (QED) is 0.801. The van der Waals surface area contributed by atoms with E-state index in [0.717, 1.165) is 18.7 Å². The molecule has 0 aliphatic heterocycles. The van der Waals surface area contributed by atoms with Gasteiger partial charge in [-0.05, 0) is 45.3 Å². The van der Waals surface area contributed by atoms with E-state index in [4.69, 9.17) is 22.1 Å². The summed E-state index contributed by atoms with van der Waals surface area (Å²) in [5.41, 5.74) is 7.18. The van der Waals surface area contributed by atoms with Gasteiger partial charge in [0.15, 0.2) is 0 Å². The lowest BCUT2D eigenvalue weighted by atomic mass is 10.0. The lowest BCUT2D eigenvalue weighted by molar-refractivity contribution is 0.131. The number of ether oxygens (including phenoxy) is 1. The van der Waals surface area contributed by atoms with Crippen LogP contribution < -0.4 is 10.5 Å². The summed E-state index contributed by atoms with van der Waals surface area (Å²) < 4.78 is 5.22. The summed E-state index contributed by atoms with van der Waals surface area (Å²) in [6.07, 6.45) is 0. The topological polar surface area (TPSA) is 41.7 Å². The zero-order chi connectivity index (χ0) is 16.0.